The molecule has 1 atom stereocenters. The molecular weight excluding hydrogens is 555 g/mol. The quantitative estimate of drug-likeness (QED) is 0.0374. The van der Waals surface area contributed by atoms with Crippen molar-refractivity contribution in [1.82, 2.24) is 0 Å². The third kappa shape index (κ3) is 44.9. The summed E-state index contributed by atoms with van der Waals surface area (Å²) < 4.78 is 13.3. The minimum Gasteiger partial charge on any atom is -1.00 e. The second kappa shape index (κ2) is 33.9. The zero-order chi connectivity index (χ0) is 26.8. The van der Waals surface area contributed by atoms with Crippen LogP contribution in [-0.2, 0) is 18.9 Å². The van der Waals surface area contributed by atoms with Gasteiger partial charge in [-0.15, -0.1) is 0 Å². The number of hydrogen-bond donors (Lipinski definition) is 5. The summed E-state index contributed by atoms with van der Waals surface area (Å²) in [5.74, 6) is -1.69. The Balaban J connectivity index is -0.000000151. The fourth-order valence-electron chi connectivity index (χ4n) is 3.65. The molecule has 0 rings (SSSR count). The normalized spacial score (nSPS) is 11.4. The van der Waals surface area contributed by atoms with E-state index in [2.05, 4.69) is 11.7 Å². The van der Waals surface area contributed by atoms with Gasteiger partial charge >= 0.3 is 95.2 Å². The number of unbranched alkanes of at least 4 members (excludes halogenated alkanes) is 18. The Morgan fingerprint density at radius 2 is 0.946 bits per heavy atom. The molecule has 0 aliphatic heterocycles. The summed E-state index contributed by atoms with van der Waals surface area (Å²) >= 11 is 0. The molecule has 5 N–H and O–H groups in total. The van der Waals surface area contributed by atoms with Crippen LogP contribution in [0.4, 0.5) is 0 Å². The van der Waals surface area contributed by atoms with Crippen molar-refractivity contribution in [3.63, 3.8) is 0 Å². The minimum atomic E-state index is -4.64. The molecule has 0 bridgehead atoms. The van der Waals surface area contributed by atoms with E-state index < -0.39 is 32.5 Å². The van der Waals surface area contributed by atoms with Gasteiger partial charge < -0.3 is 35.3 Å². The molecule has 0 saturated carbocycles. The van der Waals surface area contributed by atoms with E-state index >= 15 is 0 Å². The third-order valence-corrected chi connectivity index (χ3v) is 5.64. The van der Waals surface area contributed by atoms with E-state index in [0.29, 0.717) is 6.42 Å². The molecule has 0 fully saturated rings. The number of rotatable bonds is 22. The molecule has 0 amide bonds. The SMILES string of the molecule is CCCCCCCCCCCCCCCCCCCCCC(=O)OC(=O)C(O)CO.O=P(O)(O)O.[Ca+2].[Ca+2].[H-].[H-].[H-].[H-]. The third-order valence-electron chi connectivity index (χ3n) is 5.64. The number of esters is 2. The Morgan fingerprint density at radius 3 is 1.22 bits per heavy atom. The Bertz CT molecular complexity index is 559. The van der Waals surface area contributed by atoms with Crippen molar-refractivity contribution >= 4 is 95.2 Å². The van der Waals surface area contributed by atoms with Crippen LogP contribution in [-0.4, -0.2) is 125 Å². The van der Waals surface area contributed by atoms with Crippen molar-refractivity contribution in [2.45, 2.75) is 141 Å². The van der Waals surface area contributed by atoms with Crippen molar-refractivity contribution in [3.8, 4) is 0 Å². The van der Waals surface area contributed by atoms with Crippen molar-refractivity contribution in [3.05, 3.63) is 0 Å². The van der Waals surface area contributed by atoms with E-state index in [-0.39, 0.29) is 87.6 Å². The first kappa shape index (κ1) is 45.7. The fourth-order valence-corrected chi connectivity index (χ4v) is 3.65. The maximum Gasteiger partial charge on any atom is 2.00 e. The van der Waals surface area contributed by atoms with Crippen LogP contribution in [0.1, 0.15) is 141 Å². The molecule has 0 aromatic rings. The average Bonchev–Trinajstić information content (AvgIpc) is 2.78. The number of hydrogen-bond acceptors (Lipinski definition) is 6. The van der Waals surface area contributed by atoms with Crippen LogP contribution >= 0.6 is 7.82 Å². The summed E-state index contributed by atoms with van der Waals surface area (Å²) in [6.07, 6.45) is 23.2. The number of ether oxygens (including phenoxy) is 1. The standard InChI is InChI=1S/C25H48O5.2Ca.H3O4P.4H/c1-2-3-4-5-6-7-8-9-10-11-12-13-14-15-16-17-18-19-20-21-24(28)30-25(29)23(27)22-26;;;1-5(2,3)4;;;;/h23,26-27H,2-22H2,1H3;;;(H3,1,2,3,4);;;;/q;2*+2;;4*-1. The van der Waals surface area contributed by atoms with Crippen LogP contribution in [0.25, 0.3) is 0 Å². The second-order valence-corrected chi connectivity index (χ2v) is 10.1. The van der Waals surface area contributed by atoms with Crippen LogP contribution in [0.3, 0.4) is 0 Å². The van der Waals surface area contributed by atoms with Gasteiger partial charge in [0.15, 0.2) is 6.10 Å². The Hall–Kier alpha value is 1.69. The molecule has 218 valence electrons. The first-order chi connectivity index (χ1) is 16.6. The van der Waals surface area contributed by atoms with Crippen molar-refractivity contribution in [2.24, 2.45) is 0 Å². The Labute approximate surface area is 290 Å². The maximum atomic E-state index is 11.4. The van der Waals surface area contributed by atoms with E-state index in [9.17, 15) is 9.59 Å². The van der Waals surface area contributed by atoms with Crippen molar-refractivity contribution in [2.75, 3.05) is 6.61 Å². The summed E-state index contributed by atoms with van der Waals surface area (Å²) in [5, 5.41) is 17.6. The number of aliphatic hydroxyl groups excluding tert-OH is 2. The molecule has 0 radical (unpaired) electrons. The molecule has 0 saturated heterocycles. The van der Waals surface area contributed by atoms with Gasteiger partial charge in [-0.25, -0.2) is 9.36 Å². The van der Waals surface area contributed by atoms with Gasteiger partial charge in [-0.3, -0.25) is 4.79 Å². The largest absolute Gasteiger partial charge is 2.00 e. The Morgan fingerprint density at radius 1 is 0.676 bits per heavy atom. The molecule has 0 heterocycles. The number of aliphatic hydroxyl groups is 2. The monoisotopic (exact) mass is 610 g/mol. The smallest absolute Gasteiger partial charge is 1.00 e. The zero-order valence-corrected chi connectivity index (χ0v) is 28.5. The molecule has 0 aromatic carbocycles. The number of carbonyl (C=O) groups is 2. The van der Waals surface area contributed by atoms with Gasteiger partial charge in [0.1, 0.15) is 0 Å². The van der Waals surface area contributed by atoms with Crippen LogP contribution in [0.2, 0.25) is 0 Å². The molecule has 9 nitrogen and oxygen atoms in total. The molecule has 37 heavy (non-hydrogen) atoms. The molecular formula is C25H55Ca2O9P. The average molecular weight is 611 g/mol. The van der Waals surface area contributed by atoms with E-state index in [0.717, 1.165) is 12.8 Å². The van der Waals surface area contributed by atoms with E-state index in [1.165, 1.54) is 103 Å². The van der Waals surface area contributed by atoms with E-state index in [1.807, 2.05) is 0 Å². The fraction of sp³-hybridized carbons (Fsp3) is 0.920. The number of phosphoric acid groups is 1. The van der Waals surface area contributed by atoms with Gasteiger partial charge in [-0.2, -0.15) is 0 Å². The van der Waals surface area contributed by atoms with Crippen LogP contribution in [0.15, 0.2) is 0 Å². The molecule has 0 aromatic heterocycles. The summed E-state index contributed by atoms with van der Waals surface area (Å²) in [4.78, 5) is 44.1. The predicted molar refractivity (Wildman–Crippen MR) is 152 cm³/mol. The van der Waals surface area contributed by atoms with Gasteiger partial charge in [-0.1, -0.05) is 122 Å². The zero-order valence-electron chi connectivity index (χ0n) is 27.2. The molecule has 0 aliphatic rings. The minimum absolute atomic E-state index is 0. The molecule has 0 aliphatic carbocycles. The van der Waals surface area contributed by atoms with Gasteiger partial charge in [0, 0.05) is 6.42 Å². The number of carbonyl (C=O) groups excluding carboxylic acids is 2. The van der Waals surface area contributed by atoms with Crippen LogP contribution in [0.5, 0.6) is 0 Å². The van der Waals surface area contributed by atoms with Crippen molar-refractivity contribution in [1.29, 1.82) is 0 Å². The molecule has 12 heteroatoms. The predicted octanol–water partition coefficient (Wildman–Crippen LogP) is 4.99. The Kier molecular flexibility index (Phi) is 41.8. The molecule has 0 spiro atoms. The first-order valence-corrected chi connectivity index (χ1v) is 15.0. The van der Waals surface area contributed by atoms with Gasteiger partial charge in [-0.05, 0) is 6.42 Å². The van der Waals surface area contributed by atoms with E-state index in [1.54, 1.807) is 0 Å². The van der Waals surface area contributed by atoms with Crippen LogP contribution in [0, 0.1) is 0 Å². The van der Waals surface area contributed by atoms with Crippen LogP contribution < -0.4 is 0 Å². The first-order valence-electron chi connectivity index (χ1n) is 13.4. The summed E-state index contributed by atoms with van der Waals surface area (Å²) in [7, 11) is -4.64. The van der Waals surface area contributed by atoms with E-state index in [4.69, 9.17) is 29.5 Å². The van der Waals surface area contributed by atoms with Crippen molar-refractivity contribution < 1.29 is 49.5 Å². The van der Waals surface area contributed by atoms with Gasteiger partial charge in [0.05, 0.1) is 6.61 Å². The second-order valence-electron chi connectivity index (χ2n) is 9.12. The molecule has 1 unspecified atom stereocenters. The summed E-state index contributed by atoms with van der Waals surface area (Å²) in [6, 6.07) is 0. The maximum absolute atomic E-state index is 11.4. The summed E-state index contributed by atoms with van der Waals surface area (Å²) in [5.41, 5.74) is 0. The van der Waals surface area contributed by atoms with Gasteiger partial charge in [0.25, 0.3) is 0 Å². The van der Waals surface area contributed by atoms with Gasteiger partial charge in [0.2, 0.25) is 0 Å². The topological polar surface area (TPSA) is 162 Å². The summed E-state index contributed by atoms with van der Waals surface area (Å²) in [6.45, 7) is 1.54.